The van der Waals surface area contributed by atoms with Crippen molar-refractivity contribution >= 4 is 11.8 Å². The number of nitrogens with zero attached hydrogens (tertiary/aromatic N) is 2. The summed E-state index contributed by atoms with van der Waals surface area (Å²) in [5.74, 6) is -0.204. The van der Waals surface area contributed by atoms with Gasteiger partial charge in [-0.3, -0.25) is 9.59 Å². The molecule has 2 N–H and O–H groups in total. The van der Waals surface area contributed by atoms with Gasteiger partial charge in [-0.05, 0) is 20.8 Å². The van der Waals surface area contributed by atoms with Crippen molar-refractivity contribution in [2.75, 3.05) is 20.1 Å². The zero-order valence-electron chi connectivity index (χ0n) is 9.78. The average Bonchev–Trinajstić information content (AvgIpc) is 2.13. The van der Waals surface area contributed by atoms with Gasteiger partial charge in [-0.25, -0.2) is 0 Å². The quantitative estimate of drug-likeness (QED) is 0.633. The highest BCUT2D eigenvalue weighted by Crippen LogP contribution is 2.22. The monoisotopic (exact) mass is 213 g/mol. The summed E-state index contributed by atoms with van der Waals surface area (Å²) in [4.78, 5) is 26.9. The molecule has 0 aromatic carbocycles. The summed E-state index contributed by atoms with van der Waals surface area (Å²) >= 11 is 0. The van der Waals surface area contributed by atoms with Crippen molar-refractivity contribution in [2.45, 2.75) is 32.4 Å². The van der Waals surface area contributed by atoms with Crippen LogP contribution in [-0.2, 0) is 9.59 Å². The molecule has 5 heteroatoms. The van der Waals surface area contributed by atoms with E-state index in [1.807, 2.05) is 0 Å². The highest BCUT2D eigenvalue weighted by atomic mass is 16.2. The van der Waals surface area contributed by atoms with Crippen LogP contribution in [-0.4, -0.2) is 53.3 Å². The first kappa shape index (κ1) is 12.0. The summed E-state index contributed by atoms with van der Waals surface area (Å²) in [5, 5.41) is 0. The van der Waals surface area contributed by atoms with E-state index in [9.17, 15) is 9.59 Å². The van der Waals surface area contributed by atoms with E-state index in [1.165, 1.54) is 0 Å². The Morgan fingerprint density at radius 2 is 2.00 bits per heavy atom. The summed E-state index contributed by atoms with van der Waals surface area (Å²) in [6.07, 6.45) is 0. The van der Waals surface area contributed by atoms with Crippen molar-refractivity contribution in [3.05, 3.63) is 0 Å². The van der Waals surface area contributed by atoms with E-state index in [4.69, 9.17) is 5.73 Å². The molecule has 1 heterocycles. The molecule has 0 bridgehead atoms. The molecule has 0 aliphatic carbocycles. The predicted octanol–water partition coefficient (Wildman–Crippen LogP) is -0.587. The zero-order chi connectivity index (χ0) is 11.8. The van der Waals surface area contributed by atoms with E-state index >= 15 is 0 Å². The van der Waals surface area contributed by atoms with Gasteiger partial charge in [-0.15, -0.1) is 0 Å². The van der Waals surface area contributed by atoms with E-state index in [2.05, 4.69) is 0 Å². The second kappa shape index (κ2) is 3.81. The van der Waals surface area contributed by atoms with Gasteiger partial charge in [0, 0.05) is 20.1 Å². The molecule has 0 radical (unpaired) electrons. The summed E-state index contributed by atoms with van der Waals surface area (Å²) < 4.78 is 0. The Labute approximate surface area is 90.2 Å². The van der Waals surface area contributed by atoms with Crippen molar-refractivity contribution in [2.24, 2.45) is 5.73 Å². The molecule has 1 fully saturated rings. The fourth-order valence-electron chi connectivity index (χ4n) is 1.85. The average molecular weight is 213 g/mol. The minimum atomic E-state index is -0.780. The maximum absolute atomic E-state index is 11.9. The number of amides is 2. The van der Waals surface area contributed by atoms with E-state index in [0.717, 1.165) is 0 Å². The Morgan fingerprint density at radius 3 is 2.47 bits per heavy atom. The molecule has 0 aromatic rings. The van der Waals surface area contributed by atoms with E-state index in [0.29, 0.717) is 13.1 Å². The number of carbonyl (C=O) groups is 2. The van der Waals surface area contributed by atoms with Gasteiger partial charge in [0.1, 0.15) is 5.54 Å². The first-order valence-electron chi connectivity index (χ1n) is 5.11. The van der Waals surface area contributed by atoms with Crippen LogP contribution >= 0.6 is 0 Å². The first-order chi connectivity index (χ1) is 6.78. The number of nitrogens with two attached hydrogens (primary N) is 1. The predicted molar refractivity (Wildman–Crippen MR) is 57.1 cm³/mol. The van der Waals surface area contributed by atoms with Crippen molar-refractivity contribution in [3.8, 4) is 0 Å². The van der Waals surface area contributed by atoms with Crippen molar-refractivity contribution < 1.29 is 9.59 Å². The number of rotatable bonds is 1. The lowest BCUT2D eigenvalue weighted by molar-refractivity contribution is -0.157. The minimum Gasteiger partial charge on any atom is -0.342 e. The van der Waals surface area contributed by atoms with Crippen LogP contribution in [0.25, 0.3) is 0 Å². The molecule has 1 aliphatic heterocycles. The molecule has 86 valence electrons. The molecule has 0 saturated carbocycles. The van der Waals surface area contributed by atoms with Gasteiger partial charge in [0.25, 0.3) is 0 Å². The molecule has 1 saturated heterocycles. The maximum Gasteiger partial charge on any atom is 0.247 e. The van der Waals surface area contributed by atoms with Crippen LogP contribution in [0.2, 0.25) is 0 Å². The third-order valence-electron chi connectivity index (χ3n) is 2.86. The second-order valence-corrected chi connectivity index (χ2v) is 4.56. The molecule has 0 aromatic heterocycles. The van der Waals surface area contributed by atoms with Crippen molar-refractivity contribution in [1.82, 2.24) is 9.80 Å². The van der Waals surface area contributed by atoms with Crippen LogP contribution in [0, 0.1) is 0 Å². The van der Waals surface area contributed by atoms with Crippen molar-refractivity contribution in [1.29, 1.82) is 0 Å². The lowest BCUT2D eigenvalue weighted by Gasteiger charge is -2.45. The Morgan fingerprint density at radius 1 is 1.47 bits per heavy atom. The molecule has 15 heavy (non-hydrogen) atoms. The largest absolute Gasteiger partial charge is 0.342 e. The SMILES string of the molecule is C[C@H](N)C(=O)N1CCN(C)C(=O)C1(C)C. The summed E-state index contributed by atoms with van der Waals surface area (Å²) in [6.45, 7) is 6.27. The fourth-order valence-corrected chi connectivity index (χ4v) is 1.85. The number of hydrogen-bond donors (Lipinski definition) is 1. The Hall–Kier alpha value is -1.10. The number of likely N-dealkylation sites (N-methyl/N-ethyl adjacent to an activating group) is 1. The highest BCUT2D eigenvalue weighted by molar-refractivity contribution is 5.93. The fraction of sp³-hybridized carbons (Fsp3) is 0.800. The number of hydrogen-bond acceptors (Lipinski definition) is 3. The van der Waals surface area contributed by atoms with Crippen LogP contribution in [0.4, 0.5) is 0 Å². The van der Waals surface area contributed by atoms with Gasteiger partial charge < -0.3 is 15.5 Å². The second-order valence-electron chi connectivity index (χ2n) is 4.56. The zero-order valence-corrected chi connectivity index (χ0v) is 9.78. The molecule has 1 aliphatic rings. The molecular weight excluding hydrogens is 194 g/mol. The minimum absolute atomic E-state index is 0.0391. The highest BCUT2D eigenvalue weighted by Gasteiger charge is 2.43. The number of carbonyl (C=O) groups excluding carboxylic acids is 2. The van der Waals surface area contributed by atoms with Crippen LogP contribution in [0.5, 0.6) is 0 Å². The lowest BCUT2D eigenvalue weighted by atomic mass is 9.97. The normalized spacial score (nSPS) is 22.9. The van der Waals surface area contributed by atoms with Crippen LogP contribution in [0.3, 0.4) is 0 Å². The molecule has 1 rings (SSSR count). The van der Waals surface area contributed by atoms with E-state index in [1.54, 1.807) is 37.6 Å². The Bertz CT molecular complexity index is 286. The van der Waals surface area contributed by atoms with Crippen LogP contribution in [0.15, 0.2) is 0 Å². The number of piperazine rings is 1. The molecule has 0 spiro atoms. The maximum atomic E-state index is 11.9. The van der Waals surface area contributed by atoms with Gasteiger partial charge in [-0.1, -0.05) is 0 Å². The summed E-state index contributed by atoms with van der Waals surface area (Å²) in [5.41, 5.74) is 4.77. The molecule has 2 amide bonds. The Balaban J connectivity index is 2.92. The molecular formula is C10H19N3O2. The Kier molecular flexibility index (Phi) is 3.04. The van der Waals surface area contributed by atoms with Gasteiger partial charge in [0.2, 0.25) is 11.8 Å². The topological polar surface area (TPSA) is 66.6 Å². The molecule has 1 atom stereocenters. The molecule has 0 unspecified atom stereocenters. The third-order valence-corrected chi connectivity index (χ3v) is 2.86. The third kappa shape index (κ3) is 1.97. The van der Waals surface area contributed by atoms with Gasteiger partial charge in [-0.2, -0.15) is 0 Å². The van der Waals surface area contributed by atoms with Crippen LogP contribution < -0.4 is 5.73 Å². The van der Waals surface area contributed by atoms with Gasteiger partial charge in [0.05, 0.1) is 6.04 Å². The smallest absolute Gasteiger partial charge is 0.247 e. The first-order valence-corrected chi connectivity index (χ1v) is 5.11. The molecule has 5 nitrogen and oxygen atoms in total. The van der Waals surface area contributed by atoms with Crippen LogP contribution in [0.1, 0.15) is 20.8 Å². The van der Waals surface area contributed by atoms with Crippen molar-refractivity contribution in [3.63, 3.8) is 0 Å². The van der Waals surface area contributed by atoms with E-state index in [-0.39, 0.29) is 11.8 Å². The van der Waals surface area contributed by atoms with Gasteiger partial charge >= 0.3 is 0 Å². The summed E-state index contributed by atoms with van der Waals surface area (Å²) in [7, 11) is 1.75. The summed E-state index contributed by atoms with van der Waals surface area (Å²) in [6, 6.07) is -0.555. The van der Waals surface area contributed by atoms with Gasteiger partial charge in [0.15, 0.2) is 0 Å². The van der Waals surface area contributed by atoms with E-state index < -0.39 is 11.6 Å². The standard InChI is InChI=1S/C10H19N3O2/c1-7(11)8(14)13-6-5-12(4)9(15)10(13,2)3/h7H,5-6,11H2,1-4H3/t7-/m0/s1. The lowest BCUT2D eigenvalue weighted by Crippen LogP contribution is -2.65.